The second-order valence-electron chi connectivity index (χ2n) is 7.23. The lowest BCUT2D eigenvalue weighted by molar-refractivity contribution is -0.139. The van der Waals surface area contributed by atoms with Gasteiger partial charge in [0.05, 0.1) is 0 Å². The van der Waals surface area contributed by atoms with Crippen molar-refractivity contribution in [3.63, 3.8) is 0 Å². The van der Waals surface area contributed by atoms with Gasteiger partial charge in [-0.15, -0.1) is 0 Å². The summed E-state index contributed by atoms with van der Waals surface area (Å²) in [4.78, 5) is 26.4. The Balaban J connectivity index is 1.33. The lowest BCUT2D eigenvalue weighted by Crippen LogP contribution is -2.43. The molecule has 0 radical (unpaired) electrons. The summed E-state index contributed by atoms with van der Waals surface area (Å²) in [6, 6.07) is 10.1. The van der Waals surface area contributed by atoms with E-state index < -0.39 is 11.8 Å². The molecule has 0 aliphatic carbocycles. The van der Waals surface area contributed by atoms with Crippen molar-refractivity contribution in [1.29, 1.82) is 0 Å². The van der Waals surface area contributed by atoms with Gasteiger partial charge < -0.3 is 10.6 Å². The third kappa shape index (κ3) is 6.19. The highest BCUT2D eigenvalue weighted by Gasteiger charge is 2.21. The average molecular weight is 386 g/mol. The number of hydrogen-bond acceptors (Lipinski definition) is 4. The highest BCUT2D eigenvalue weighted by molar-refractivity contribution is 7.07. The van der Waals surface area contributed by atoms with Crippen LogP contribution in [-0.4, -0.2) is 36.3 Å². The first-order valence-electron chi connectivity index (χ1n) is 9.45. The van der Waals surface area contributed by atoms with Crippen molar-refractivity contribution in [3.8, 4) is 0 Å². The molecule has 144 valence electrons. The first-order valence-corrected chi connectivity index (χ1v) is 10.4. The van der Waals surface area contributed by atoms with Crippen molar-refractivity contribution >= 4 is 23.2 Å². The third-order valence-electron chi connectivity index (χ3n) is 5.02. The van der Waals surface area contributed by atoms with Crippen molar-refractivity contribution in [3.05, 3.63) is 57.8 Å². The van der Waals surface area contributed by atoms with Gasteiger partial charge in [-0.1, -0.05) is 29.8 Å². The standard InChI is InChI=1S/C21H27N3O2S/c1-16-2-4-17(5-3-16)12-22-20(25)21(26)23-13-18-6-9-24(10-7-18)14-19-8-11-27-15-19/h2-5,8,11,15,18H,6-7,9-10,12-14H2,1H3,(H,22,25)(H,23,26). The Bertz CT molecular complexity index is 735. The van der Waals surface area contributed by atoms with Gasteiger partial charge in [0.1, 0.15) is 0 Å². The van der Waals surface area contributed by atoms with Crippen molar-refractivity contribution in [2.45, 2.75) is 32.9 Å². The van der Waals surface area contributed by atoms with Gasteiger partial charge in [0.25, 0.3) is 0 Å². The number of thiophene rings is 1. The molecule has 0 unspecified atom stereocenters. The Labute approximate surface area is 164 Å². The molecule has 0 saturated carbocycles. The minimum Gasteiger partial charge on any atom is -0.348 e. The van der Waals surface area contributed by atoms with Crippen LogP contribution in [0, 0.1) is 12.8 Å². The largest absolute Gasteiger partial charge is 0.348 e. The van der Waals surface area contributed by atoms with E-state index in [0.29, 0.717) is 19.0 Å². The summed E-state index contributed by atoms with van der Waals surface area (Å²) in [7, 11) is 0. The van der Waals surface area contributed by atoms with Crippen LogP contribution < -0.4 is 10.6 Å². The predicted octanol–water partition coefficient (Wildman–Crippen LogP) is 2.70. The Kier molecular flexibility index (Phi) is 7.01. The Morgan fingerprint density at radius 3 is 2.41 bits per heavy atom. The molecule has 5 nitrogen and oxygen atoms in total. The zero-order valence-electron chi connectivity index (χ0n) is 15.7. The van der Waals surface area contributed by atoms with E-state index in [4.69, 9.17) is 0 Å². The minimum atomic E-state index is -0.564. The molecule has 2 aromatic rings. The van der Waals surface area contributed by atoms with Crippen LogP contribution in [0.5, 0.6) is 0 Å². The maximum absolute atomic E-state index is 12.0. The summed E-state index contributed by atoms with van der Waals surface area (Å²) in [5.74, 6) is -0.661. The van der Waals surface area contributed by atoms with Crippen molar-refractivity contribution in [2.75, 3.05) is 19.6 Å². The predicted molar refractivity (Wildman–Crippen MR) is 108 cm³/mol. The number of benzene rings is 1. The zero-order chi connectivity index (χ0) is 19.1. The van der Waals surface area contributed by atoms with Crippen molar-refractivity contribution < 1.29 is 9.59 Å². The molecule has 2 amide bonds. The first-order chi connectivity index (χ1) is 13.1. The van der Waals surface area contributed by atoms with E-state index in [-0.39, 0.29) is 0 Å². The Morgan fingerprint density at radius 1 is 1.04 bits per heavy atom. The number of nitrogens with zero attached hydrogens (tertiary/aromatic N) is 1. The summed E-state index contributed by atoms with van der Waals surface area (Å²) in [5, 5.41) is 9.78. The van der Waals surface area contributed by atoms with E-state index in [1.807, 2.05) is 31.2 Å². The lowest BCUT2D eigenvalue weighted by atomic mass is 9.96. The maximum Gasteiger partial charge on any atom is 0.309 e. The molecule has 0 bridgehead atoms. The molecule has 0 atom stereocenters. The molecular formula is C21H27N3O2S. The van der Waals surface area contributed by atoms with Gasteiger partial charge in [0.15, 0.2) is 0 Å². The van der Waals surface area contributed by atoms with Crippen molar-refractivity contribution in [2.24, 2.45) is 5.92 Å². The van der Waals surface area contributed by atoms with Crippen LogP contribution in [0.1, 0.15) is 29.5 Å². The molecule has 1 aliphatic rings. The fraction of sp³-hybridized carbons (Fsp3) is 0.429. The number of rotatable bonds is 6. The van der Waals surface area contributed by atoms with E-state index in [9.17, 15) is 9.59 Å². The second-order valence-corrected chi connectivity index (χ2v) is 8.01. The summed E-state index contributed by atoms with van der Waals surface area (Å²) in [5.41, 5.74) is 3.53. The third-order valence-corrected chi connectivity index (χ3v) is 5.76. The summed E-state index contributed by atoms with van der Waals surface area (Å²) in [6.45, 7) is 6.04. The van der Waals surface area contributed by atoms with E-state index in [0.717, 1.165) is 38.0 Å². The number of carbonyl (C=O) groups is 2. The molecule has 1 saturated heterocycles. The van der Waals surface area contributed by atoms with Crippen LogP contribution in [0.15, 0.2) is 41.1 Å². The second kappa shape index (κ2) is 9.67. The monoisotopic (exact) mass is 385 g/mol. The highest BCUT2D eigenvalue weighted by Crippen LogP contribution is 2.19. The molecule has 6 heteroatoms. The quantitative estimate of drug-likeness (QED) is 0.752. The van der Waals surface area contributed by atoms with Crippen LogP contribution in [0.4, 0.5) is 0 Å². The number of carbonyl (C=O) groups excluding carboxylic acids is 2. The topological polar surface area (TPSA) is 61.4 Å². The van der Waals surface area contributed by atoms with E-state index in [2.05, 4.69) is 32.4 Å². The number of amides is 2. The smallest absolute Gasteiger partial charge is 0.309 e. The number of piperidine rings is 1. The van der Waals surface area contributed by atoms with Crippen LogP contribution >= 0.6 is 11.3 Å². The van der Waals surface area contributed by atoms with Gasteiger partial charge in [-0.2, -0.15) is 11.3 Å². The zero-order valence-corrected chi connectivity index (χ0v) is 16.6. The minimum absolute atomic E-state index is 0.369. The molecule has 0 spiro atoms. The lowest BCUT2D eigenvalue weighted by Gasteiger charge is -2.31. The van der Waals surface area contributed by atoms with E-state index in [1.165, 1.54) is 11.1 Å². The highest BCUT2D eigenvalue weighted by atomic mass is 32.1. The van der Waals surface area contributed by atoms with Gasteiger partial charge >= 0.3 is 11.8 Å². The molecule has 1 fully saturated rings. The molecule has 1 aromatic carbocycles. The number of hydrogen-bond donors (Lipinski definition) is 2. The number of nitrogens with one attached hydrogen (secondary N) is 2. The molecule has 3 rings (SSSR count). The molecule has 1 aromatic heterocycles. The van der Waals surface area contributed by atoms with Crippen LogP contribution in [0.25, 0.3) is 0 Å². The molecule has 1 aliphatic heterocycles. The van der Waals surface area contributed by atoms with Crippen LogP contribution in [0.2, 0.25) is 0 Å². The van der Waals surface area contributed by atoms with Crippen LogP contribution in [0.3, 0.4) is 0 Å². The summed E-state index contributed by atoms with van der Waals surface area (Å²) >= 11 is 1.73. The SMILES string of the molecule is Cc1ccc(CNC(=O)C(=O)NCC2CCN(Cc3ccsc3)CC2)cc1. The van der Waals surface area contributed by atoms with E-state index in [1.54, 1.807) is 11.3 Å². The van der Waals surface area contributed by atoms with Gasteiger partial charge in [0, 0.05) is 19.6 Å². The Hall–Kier alpha value is -2.18. The molecular weight excluding hydrogens is 358 g/mol. The normalized spacial score (nSPS) is 15.4. The number of likely N-dealkylation sites (tertiary alicyclic amines) is 1. The van der Waals surface area contributed by atoms with Crippen LogP contribution in [-0.2, 0) is 22.7 Å². The number of aryl methyl sites for hydroxylation is 1. The van der Waals surface area contributed by atoms with Gasteiger partial charge in [-0.05, 0) is 66.7 Å². The molecule has 2 N–H and O–H groups in total. The summed E-state index contributed by atoms with van der Waals surface area (Å²) in [6.07, 6.45) is 2.10. The fourth-order valence-electron chi connectivity index (χ4n) is 3.28. The Morgan fingerprint density at radius 2 is 1.74 bits per heavy atom. The maximum atomic E-state index is 12.0. The van der Waals surface area contributed by atoms with E-state index >= 15 is 0 Å². The first kappa shape index (κ1) is 19.6. The van der Waals surface area contributed by atoms with Crippen molar-refractivity contribution in [1.82, 2.24) is 15.5 Å². The molecule has 27 heavy (non-hydrogen) atoms. The van der Waals surface area contributed by atoms with Gasteiger partial charge in [0.2, 0.25) is 0 Å². The van der Waals surface area contributed by atoms with Gasteiger partial charge in [-0.3, -0.25) is 14.5 Å². The fourth-order valence-corrected chi connectivity index (χ4v) is 3.94. The average Bonchev–Trinajstić information content (AvgIpc) is 3.19. The summed E-state index contributed by atoms with van der Waals surface area (Å²) < 4.78 is 0. The molecule has 2 heterocycles. The van der Waals surface area contributed by atoms with Gasteiger partial charge in [-0.25, -0.2) is 0 Å².